The highest BCUT2D eigenvalue weighted by Gasteiger charge is 2.07. The van der Waals surface area contributed by atoms with Crippen molar-refractivity contribution in [1.82, 2.24) is 0 Å². The van der Waals surface area contributed by atoms with Crippen LogP contribution in [0.3, 0.4) is 0 Å². The number of isocyanates is 1. The van der Waals surface area contributed by atoms with Crippen molar-refractivity contribution in [2.24, 2.45) is 4.99 Å². The molecule has 0 aliphatic rings. The van der Waals surface area contributed by atoms with Crippen LogP contribution in [0.4, 0.5) is 14.5 Å². The summed E-state index contributed by atoms with van der Waals surface area (Å²) >= 11 is 5.33. The van der Waals surface area contributed by atoms with Crippen LogP contribution in [0.15, 0.2) is 17.1 Å². The van der Waals surface area contributed by atoms with Gasteiger partial charge >= 0.3 is 0 Å². The fourth-order valence-corrected chi connectivity index (χ4v) is 0.824. The van der Waals surface area contributed by atoms with Crippen LogP contribution in [0.25, 0.3) is 0 Å². The van der Waals surface area contributed by atoms with Gasteiger partial charge in [-0.05, 0) is 0 Å². The van der Waals surface area contributed by atoms with Crippen molar-refractivity contribution < 1.29 is 13.6 Å². The van der Waals surface area contributed by atoms with Crippen molar-refractivity contribution in [3.05, 3.63) is 28.8 Å². The molecule has 0 radical (unpaired) electrons. The maximum Gasteiger partial charge on any atom is 0.240 e. The molecule has 0 atom stereocenters. The number of rotatable bonds is 1. The van der Waals surface area contributed by atoms with E-state index in [4.69, 9.17) is 11.6 Å². The summed E-state index contributed by atoms with van der Waals surface area (Å²) in [6.45, 7) is 0. The molecule has 0 bridgehead atoms. The van der Waals surface area contributed by atoms with Crippen molar-refractivity contribution >= 4 is 23.4 Å². The lowest BCUT2D eigenvalue weighted by molar-refractivity contribution is 0.565. The molecule has 1 aromatic carbocycles. The van der Waals surface area contributed by atoms with Gasteiger partial charge in [0.05, 0.1) is 0 Å². The Labute approximate surface area is 71.5 Å². The van der Waals surface area contributed by atoms with Crippen molar-refractivity contribution in [3.63, 3.8) is 0 Å². The number of carbonyl (C=O) groups excluding carboxylic acids is 1. The number of halogens is 3. The molecule has 0 aromatic heterocycles. The van der Waals surface area contributed by atoms with Crippen LogP contribution >= 0.6 is 11.6 Å². The Hall–Kier alpha value is -1.25. The van der Waals surface area contributed by atoms with Gasteiger partial charge in [-0.15, -0.1) is 0 Å². The van der Waals surface area contributed by atoms with E-state index in [-0.39, 0.29) is 10.7 Å². The summed E-state index contributed by atoms with van der Waals surface area (Å²) in [7, 11) is 0. The van der Waals surface area contributed by atoms with Crippen molar-refractivity contribution in [2.75, 3.05) is 0 Å². The number of nitrogens with zero attached hydrogens (tertiary/aromatic N) is 1. The minimum atomic E-state index is -0.953. The van der Waals surface area contributed by atoms with E-state index in [9.17, 15) is 13.6 Å². The van der Waals surface area contributed by atoms with Crippen LogP contribution in [0, 0.1) is 11.6 Å². The number of hydrogen-bond acceptors (Lipinski definition) is 2. The molecule has 5 heteroatoms. The minimum Gasteiger partial charge on any atom is -0.211 e. The van der Waals surface area contributed by atoms with E-state index in [2.05, 4.69) is 4.99 Å². The van der Waals surface area contributed by atoms with E-state index in [1.165, 1.54) is 0 Å². The second-order valence-corrected chi connectivity index (χ2v) is 2.30. The second-order valence-electron chi connectivity index (χ2n) is 1.92. The Bertz CT molecular complexity index is 361. The first-order valence-electron chi connectivity index (χ1n) is 2.87. The van der Waals surface area contributed by atoms with Gasteiger partial charge in [0.15, 0.2) is 0 Å². The highest BCUT2D eigenvalue weighted by atomic mass is 35.5. The summed E-state index contributed by atoms with van der Waals surface area (Å²) in [5, 5.41) is -0.389. The smallest absolute Gasteiger partial charge is 0.211 e. The number of hydrogen-bond donors (Lipinski definition) is 0. The summed E-state index contributed by atoms with van der Waals surface area (Å²) in [5.41, 5.74) is -0.260. The fourth-order valence-electron chi connectivity index (χ4n) is 0.673. The Morgan fingerprint density at radius 3 is 2.67 bits per heavy atom. The zero-order chi connectivity index (χ0) is 9.14. The largest absolute Gasteiger partial charge is 0.240 e. The summed E-state index contributed by atoms with van der Waals surface area (Å²) in [5.74, 6) is -1.79. The molecule has 0 amide bonds. The maximum atomic E-state index is 12.6. The quantitative estimate of drug-likeness (QED) is 0.379. The summed E-state index contributed by atoms with van der Waals surface area (Å²) in [6, 6.07) is 1.45. The van der Waals surface area contributed by atoms with Gasteiger partial charge in [0.1, 0.15) is 22.3 Å². The molecule has 0 saturated heterocycles. The Balaban J connectivity index is 3.36. The van der Waals surface area contributed by atoms with Gasteiger partial charge < -0.3 is 0 Å². The molecule has 62 valence electrons. The second kappa shape index (κ2) is 3.43. The highest BCUT2D eigenvalue weighted by molar-refractivity contribution is 6.33. The van der Waals surface area contributed by atoms with Crippen molar-refractivity contribution in [1.29, 1.82) is 0 Å². The topological polar surface area (TPSA) is 29.4 Å². The molecular weight excluding hydrogens is 188 g/mol. The Kier molecular flexibility index (Phi) is 2.53. The van der Waals surface area contributed by atoms with E-state index in [0.29, 0.717) is 6.07 Å². The lowest BCUT2D eigenvalue weighted by Gasteiger charge is -1.96. The van der Waals surface area contributed by atoms with Gasteiger partial charge in [0.2, 0.25) is 6.08 Å². The predicted octanol–water partition coefficient (Wildman–Crippen LogP) is 2.59. The van der Waals surface area contributed by atoms with E-state index in [1.54, 1.807) is 0 Å². The molecule has 1 aromatic rings. The third kappa shape index (κ3) is 1.67. The minimum absolute atomic E-state index is 0.260. The van der Waals surface area contributed by atoms with Gasteiger partial charge in [-0.25, -0.2) is 13.6 Å². The summed E-state index contributed by atoms with van der Waals surface area (Å²) in [4.78, 5) is 12.8. The van der Waals surface area contributed by atoms with Crippen LogP contribution in [-0.2, 0) is 4.79 Å². The third-order valence-electron chi connectivity index (χ3n) is 1.14. The molecule has 2 nitrogen and oxygen atoms in total. The third-order valence-corrected chi connectivity index (χ3v) is 1.51. The van der Waals surface area contributed by atoms with E-state index < -0.39 is 11.6 Å². The molecular formula is C7H2ClF2NO. The molecule has 0 saturated carbocycles. The van der Waals surface area contributed by atoms with E-state index in [1.807, 2.05) is 0 Å². The number of aliphatic imine (C=N–C) groups is 1. The van der Waals surface area contributed by atoms with Gasteiger partial charge in [-0.1, -0.05) is 11.6 Å². The fraction of sp³-hybridized carbons (Fsp3) is 0. The monoisotopic (exact) mass is 189 g/mol. The predicted molar refractivity (Wildman–Crippen MR) is 39.1 cm³/mol. The molecule has 12 heavy (non-hydrogen) atoms. The lowest BCUT2D eigenvalue weighted by atomic mass is 10.3. The van der Waals surface area contributed by atoms with Gasteiger partial charge in [0.25, 0.3) is 0 Å². The van der Waals surface area contributed by atoms with Crippen LogP contribution in [0.2, 0.25) is 5.02 Å². The molecule has 1 rings (SSSR count). The summed E-state index contributed by atoms with van der Waals surface area (Å²) in [6.07, 6.45) is 1.14. The van der Waals surface area contributed by atoms with Gasteiger partial charge in [0, 0.05) is 12.1 Å². The molecule has 0 heterocycles. The molecule has 0 unspecified atom stereocenters. The van der Waals surface area contributed by atoms with Gasteiger partial charge in [-0.3, -0.25) is 0 Å². The zero-order valence-corrected chi connectivity index (χ0v) is 6.40. The Morgan fingerprint density at radius 1 is 1.42 bits per heavy atom. The zero-order valence-electron chi connectivity index (χ0n) is 5.64. The average Bonchev–Trinajstić information content (AvgIpc) is 2.00. The van der Waals surface area contributed by atoms with Crippen LogP contribution < -0.4 is 0 Å². The normalized spacial score (nSPS) is 9.25. The van der Waals surface area contributed by atoms with Crippen LogP contribution in [0.5, 0.6) is 0 Å². The van der Waals surface area contributed by atoms with Crippen molar-refractivity contribution in [2.45, 2.75) is 0 Å². The van der Waals surface area contributed by atoms with Crippen LogP contribution in [0.1, 0.15) is 0 Å². The van der Waals surface area contributed by atoms with E-state index in [0.717, 1.165) is 12.1 Å². The van der Waals surface area contributed by atoms with Crippen molar-refractivity contribution in [3.8, 4) is 0 Å². The first-order valence-corrected chi connectivity index (χ1v) is 3.25. The first kappa shape index (κ1) is 8.84. The molecule has 0 fully saturated rings. The molecule has 0 spiro atoms. The highest BCUT2D eigenvalue weighted by Crippen LogP contribution is 2.27. The maximum absolute atomic E-state index is 12.6. The molecule has 0 N–H and O–H groups in total. The SMILES string of the molecule is O=C=Nc1cc(F)cc(F)c1Cl. The standard InChI is InChI=1S/C7H2ClF2NO/c8-7-5(10)1-4(9)2-6(7)11-3-12/h1-2H. The first-order chi connectivity index (χ1) is 5.65. The molecule has 0 aliphatic carbocycles. The van der Waals surface area contributed by atoms with Gasteiger partial charge in [-0.2, -0.15) is 4.99 Å². The van der Waals surface area contributed by atoms with Crippen LogP contribution in [-0.4, -0.2) is 6.08 Å². The average molecular weight is 190 g/mol. The lowest BCUT2D eigenvalue weighted by Crippen LogP contribution is -1.81. The van der Waals surface area contributed by atoms with E-state index >= 15 is 0 Å². The summed E-state index contributed by atoms with van der Waals surface area (Å²) < 4.78 is 25.0. The number of benzene rings is 1. The Morgan fingerprint density at radius 2 is 2.08 bits per heavy atom. The molecule has 0 aliphatic heterocycles.